The van der Waals surface area contributed by atoms with Crippen LogP contribution in [0.4, 0.5) is 14.5 Å². The minimum Gasteiger partial charge on any atom is -0.348 e. The van der Waals surface area contributed by atoms with Crippen molar-refractivity contribution in [1.82, 2.24) is 5.32 Å². The van der Waals surface area contributed by atoms with Crippen LogP contribution in [0.2, 0.25) is 0 Å². The second-order valence-corrected chi connectivity index (χ2v) is 8.05. The zero-order valence-electron chi connectivity index (χ0n) is 15.4. The molecule has 0 atom stereocenters. The molecule has 0 heterocycles. The van der Waals surface area contributed by atoms with E-state index in [2.05, 4.69) is 10.0 Å². The molecule has 2 N–H and O–H groups in total. The van der Waals surface area contributed by atoms with E-state index in [-0.39, 0.29) is 22.7 Å². The number of rotatable bonds is 6. The number of hydrogen-bond donors (Lipinski definition) is 2. The van der Waals surface area contributed by atoms with Crippen molar-refractivity contribution in [3.63, 3.8) is 0 Å². The van der Waals surface area contributed by atoms with Crippen LogP contribution in [0.25, 0.3) is 0 Å². The van der Waals surface area contributed by atoms with Crippen LogP contribution in [0, 0.1) is 18.6 Å². The number of anilines is 1. The fourth-order valence-corrected chi connectivity index (χ4v) is 3.74. The smallest absolute Gasteiger partial charge is 0.261 e. The van der Waals surface area contributed by atoms with Gasteiger partial charge in [0, 0.05) is 23.4 Å². The first kappa shape index (κ1) is 20.5. The first-order valence-electron chi connectivity index (χ1n) is 8.67. The lowest BCUT2D eigenvalue weighted by molar-refractivity contribution is 0.0949. The van der Waals surface area contributed by atoms with Gasteiger partial charge < -0.3 is 5.32 Å². The monoisotopic (exact) mass is 416 g/mol. The minimum atomic E-state index is -3.99. The highest BCUT2D eigenvalue weighted by atomic mass is 32.2. The van der Waals surface area contributed by atoms with Crippen molar-refractivity contribution in [3.05, 3.63) is 95.1 Å². The zero-order chi connectivity index (χ0) is 21.0. The average Bonchev–Trinajstić information content (AvgIpc) is 2.69. The van der Waals surface area contributed by atoms with Crippen molar-refractivity contribution in [3.8, 4) is 0 Å². The third-order valence-electron chi connectivity index (χ3n) is 4.26. The highest BCUT2D eigenvalue weighted by molar-refractivity contribution is 7.92. The number of hydrogen-bond acceptors (Lipinski definition) is 3. The summed E-state index contributed by atoms with van der Waals surface area (Å²) in [4.78, 5) is 12.4. The van der Waals surface area contributed by atoms with Crippen LogP contribution in [-0.4, -0.2) is 14.3 Å². The van der Waals surface area contributed by atoms with Crippen LogP contribution in [0.15, 0.2) is 71.6 Å². The van der Waals surface area contributed by atoms with Crippen LogP contribution in [0.5, 0.6) is 0 Å². The van der Waals surface area contributed by atoms with Crippen LogP contribution in [-0.2, 0) is 16.6 Å². The molecule has 3 rings (SSSR count). The van der Waals surface area contributed by atoms with Gasteiger partial charge in [-0.05, 0) is 55.0 Å². The maximum Gasteiger partial charge on any atom is 0.261 e. The van der Waals surface area contributed by atoms with Crippen LogP contribution in [0.1, 0.15) is 21.5 Å². The average molecular weight is 416 g/mol. The van der Waals surface area contributed by atoms with Gasteiger partial charge in [0.1, 0.15) is 11.6 Å². The molecule has 0 radical (unpaired) electrons. The molecule has 29 heavy (non-hydrogen) atoms. The van der Waals surface area contributed by atoms with E-state index in [0.29, 0.717) is 11.1 Å². The zero-order valence-corrected chi connectivity index (χ0v) is 16.3. The van der Waals surface area contributed by atoms with E-state index >= 15 is 0 Å². The third kappa shape index (κ3) is 4.97. The molecule has 0 aliphatic carbocycles. The van der Waals surface area contributed by atoms with Gasteiger partial charge in [0.05, 0.1) is 4.90 Å². The van der Waals surface area contributed by atoms with Gasteiger partial charge in [0.25, 0.3) is 15.9 Å². The molecule has 0 aliphatic rings. The Hall–Kier alpha value is -3.26. The molecule has 150 valence electrons. The Labute approximate surface area is 167 Å². The van der Waals surface area contributed by atoms with Gasteiger partial charge in [0.15, 0.2) is 0 Å². The molecular weight excluding hydrogens is 398 g/mol. The molecule has 5 nitrogen and oxygen atoms in total. The number of benzene rings is 3. The number of sulfonamides is 1. The number of halogens is 2. The Morgan fingerprint density at radius 2 is 1.66 bits per heavy atom. The molecule has 0 fully saturated rings. The molecule has 0 saturated carbocycles. The van der Waals surface area contributed by atoms with Crippen LogP contribution < -0.4 is 10.0 Å². The van der Waals surface area contributed by atoms with Gasteiger partial charge in [-0.1, -0.05) is 24.3 Å². The lowest BCUT2D eigenvalue weighted by Gasteiger charge is -2.12. The van der Waals surface area contributed by atoms with Crippen LogP contribution in [0.3, 0.4) is 0 Å². The fourth-order valence-electron chi connectivity index (χ4n) is 2.66. The molecule has 0 bridgehead atoms. The Bertz CT molecular complexity index is 1150. The molecule has 3 aromatic carbocycles. The number of nitrogens with one attached hydrogen (secondary N) is 2. The quantitative estimate of drug-likeness (QED) is 0.638. The van der Waals surface area contributed by atoms with E-state index in [9.17, 15) is 22.0 Å². The molecule has 3 aromatic rings. The van der Waals surface area contributed by atoms with Gasteiger partial charge in [0.2, 0.25) is 0 Å². The van der Waals surface area contributed by atoms with E-state index in [1.165, 1.54) is 36.4 Å². The summed E-state index contributed by atoms with van der Waals surface area (Å²) >= 11 is 0. The summed E-state index contributed by atoms with van der Waals surface area (Å²) in [7, 11) is -3.99. The highest BCUT2D eigenvalue weighted by Gasteiger charge is 2.18. The van der Waals surface area contributed by atoms with Crippen LogP contribution >= 0.6 is 0 Å². The lowest BCUT2D eigenvalue weighted by Crippen LogP contribution is -2.24. The maximum absolute atomic E-state index is 13.7. The van der Waals surface area contributed by atoms with Crippen molar-refractivity contribution in [2.24, 2.45) is 0 Å². The second-order valence-electron chi connectivity index (χ2n) is 6.36. The molecule has 0 unspecified atom stereocenters. The molecule has 0 saturated heterocycles. The first-order chi connectivity index (χ1) is 13.8. The standard InChI is InChI=1S/C21H18F2N2O3S/c1-14-6-11-18(29(27,28)25-17-9-7-16(22)8-10-17)12-19(14)21(26)24-13-15-4-2-3-5-20(15)23/h2-12,25H,13H2,1H3,(H,24,26). The Kier molecular flexibility index (Phi) is 5.93. The van der Waals surface area contributed by atoms with Crippen molar-refractivity contribution in [1.29, 1.82) is 0 Å². The topological polar surface area (TPSA) is 75.3 Å². The van der Waals surface area contributed by atoms with Gasteiger partial charge in [-0.15, -0.1) is 0 Å². The van der Waals surface area contributed by atoms with Crippen molar-refractivity contribution in [2.45, 2.75) is 18.4 Å². The van der Waals surface area contributed by atoms with E-state index in [1.54, 1.807) is 25.1 Å². The first-order valence-corrected chi connectivity index (χ1v) is 10.2. The fraction of sp³-hybridized carbons (Fsp3) is 0.0952. The van der Waals surface area contributed by atoms with Gasteiger partial charge in [-0.2, -0.15) is 0 Å². The van der Waals surface area contributed by atoms with E-state index in [1.807, 2.05) is 0 Å². The van der Waals surface area contributed by atoms with Crippen molar-refractivity contribution >= 4 is 21.6 Å². The van der Waals surface area contributed by atoms with E-state index in [0.717, 1.165) is 12.1 Å². The Morgan fingerprint density at radius 1 is 0.966 bits per heavy atom. The minimum absolute atomic E-state index is 0.0320. The molecule has 1 amide bonds. The molecule has 0 aromatic heterocycles. The van der Waals surface area contributed by atoms with Crippen molar-refractivity contribution < 1.29 is 22.0 Å². The van der Waals surface area contributed by atoms with E-state index < -0.39 is 27.6 Å². The molecule has 0 spiro atoms. The lowest BCUT2D eigenvalue weighted by atomic mass is 10.1. The van der Waals surface area contributed by atoms with Crippen molar-refractivity contribution in [2.75, 3.05) is 4.72 Å². The summed E-state index contributed by atoms with van der Waals surface area (Å²) in [5.41, 5.74) is 1.23. The summed E-state index contributed by atoms with van der Waals surface area (Å²) in [6.45, 7) is 1.64. The van der Waals surface area contributed by atoms with Gasteiger partial charge in [-0.3, -0.25) is 9.52 Å². The second kappa shape index (κ2) is 8.40. The summed E-state index contributed by atoms with van der Waals surface area (Å²) in [6, 6.07) is 15.0. The molecule has 8 heteroatoms. The predicted octanol–water partition coefficient (Wildman–Crippen LogP) is 4.00. The largest absolute Gasteiger partial charge is 0.348 e. The number of aryl methyl sites for hydroxylation is 1. The highest BCUT2D eigenvalue weighted by Crippen LogP contribution is 2.20. The SMILES string of the molecule is Cc1ccc(S(=O)(=O)Nc2ccc(F)cc2)cc1C(=O)NCc1ccccc1F. The third-order valence-corrected chi connectivity index (χ3v) is 5.64. The number of carbonyl (C=O) groups is 1. The molecule has 0 aliphatic heterocycles. The summed E-state index contributed by atoms with van der Waals surface area (Å²) < 4.78 is 54.3. The normalized spacial score (nSPS) is 11.1. The summed E-state index contributed by atoms with van der Waals surface area (Å²) in [5.74, 6) is -1.45. The number of carbonyl (C=O) groups excluding carboxylic acids is 1. The Morgan fingerprint density at radius 3 is 2.34 bits per heavy atom. The molecular formula is C21H18F2N2O3S. The predicted molar refractivity (Wildman–Crippen MR) is 106 cm³/mol. The maximum atomic E-state index is 13.7. The number of amides is 1. The van der Waals surface area contributed by atoms with E-state index in [4.69, 9.17) is 0 Å². The summed E-state index contributed by atoms with van der Waals surface area (Å²) in [5, 5.41) is 2.60. The summed E-state index contributed by atoms with van der Waals surface area (Å²) in [6.07, 6.45) is 0. The Balaban J connectivity index is 1.80. The van der Waals surface area contributed by atoms with Gasteiger partial charge >= 0.3 is 0 Å². The van der Waals surface area contributed by atoms with Gasteiger partial charge in [-0.25, -0.2) is 17.2 Å².